The minimum Gasteiger partial charge on any atom is -0.505 e. The summed E-state index contributed by atoms with van der Waals surface area (Å²) in [5.74, 6) is 0.557. The number of nitrogens with one attached hydrogen (secondary N) is 1. The molecule has 0 atom stereocenters. The lowest BCUT2D eigenvalue weighted by Crippen LogP contribution is -2.13. The van der Waals surface area contributed by atoms with Crippen molar-refractivity contribution in [2.75, 3.05) is 6.61 Å². The molecule has 0 spiro atoms. The zero-order chi connectivity index (χ0) is 22.0. The number of nitrogens with zero attached hydrogens (tertiary/aromatic N) is 4. The number of H-pyrrole nitrogens is 1. The maximum atomic E-state index is 12.2. The first kappa shape index (κ1) is 20.3. The molecule has 4 aromatic rings. The molecule has 2 heterocycles. The van der Waals surface area contributed by atoms with Crippen LogP contribution in [0.2, 0.25) is 0 Å². The van der Waals surface area contributed by atoms with Crippen LogP contribution >= 0.6 is 0 Å². The van der Waals surface area contributed by atoms with E-state index in [1.807, 2.05) is 44.3 Å². The van der Waals surface area contributed by atoms with E-state index in [9.17, 15) is 4.79 Å². The topological polar surface area (TPSA) is 103 Å². The van der Waals surface area contributed by atoms with Crippen molar-refractivity contribution in [2.24, 2.45) is 12.8 Å². The van der Waals surface area contributed by atoms with E-state index in [1.54, 1.807) is 16.9 Å². The lowest BCUT2D eigenvalue weighted by molar-refractivity contribution is 0.319. The number of ether oxygens (including phenoxy) is 1. The number of rotatable bonds is 6. The van der Waals surface area contributed by atoms with Gasteiger partial charge in [-0.15, -0.1) is 0 Å². The third-order valence-electron chi connectivity index (χ3n) is 5.14. The summed E-state index contributed by atoms with van der Waals surface area (Å²) in [7, 11) is 1.84. The predicted octanol–water partition coefficient (Wildman–Crippen LogP) is 3.79. The molecule has 31 heavy (non-hydrogen) atoms. The molecule has 0 saturated heterocycles. The van der Waals surface area contributed by atoms with Gasteiger partial charge >= 0.3 is 0 Å². The highest BCUT2D eigenvalue weighted by Crippen LogP contribution is 2.42. The Morgan fingerprint density at radius 2 is 2.06 bits per heavy atom. The van der Waals surface area contributed by atoms with Gasteiger partial charge in [0.05, 0.1) is 36.1 Å². The Bertz CT molecular complexity index is 1360. The van der Waals surface area contributed by atoms with Crippen LogP contribution < -0.4 is 16.0 Å². The fourth-order valence-electron chi connectivity index (χ4n) is 3.67. The Morgan fingerprint density at radius 3 is 2.81 bits per heavy atom. The van der Waals surface area contributed by atoms with Crippen molar-refractivity contribution in [2.45, 2.75) is 19.9 Å². The molecule has 0 unspecified atom stereocenters. The summed E-state index contributed by atoms with van der Waals surface area (Å²) >= 11 is 0. The average Bonchev–Trinajstić information content (AvgIpc) is 3.18. The average molecular weight is 414 g/mol. The Morgan fingerprint density at radius 1 is 1.23 bits per heavy atom. The normalized spacial score (nSPS) is 10.9. The zero-order valence-electron chi connectivity index (χ0n) is 17.3. The van der Waals surface area contributed by atoms with Gasteiger partial charge in [-0.05, 0) is 30.2 Å². The third-order valence-corrected chi connectivity index (χ3v) is 5.14. The van der Waals surface area contributed by atoms with Crippen molar-refractivity contribution in [3.05, 3.63) is 70.1 Å². The Balaban J connectivity index is 1.93. The molecule has 0 aliphatic rings. The van der Waals surface area contributed by atoms with E-state index < -0.39 is 0 Å². The second kappa shape index (κ2) is 8.42. The second-order valence-corrected chi connectivity index (χ2v) is 7.11. The summed E-state index contributed by atoms with van der Waals surface area (Å²) < 4.78 is 7.54. The van der Waals surface area contributed by atoms with Gasteiger partial charge in [0.15, 0.2) is 0 Å². The molecular weight excluding hydrogens is 392 g/mol. The highest BCUT2D eigenvalue weighted by atomic mass is 16.5. The highest BCUT2D eigenvalue weighted by Gasteiger charge is 2.20. The Labute approximate surface area is 179 Å². The largest absolute Gasteiger partial charge is 0.505 e. The van der Waals surface area contributed by atoms with Crippen LogP contribution in [-0.2, 0) is 13.6 Å². The molecule has 0 amide bonds. The fourth-order valence-corrected chi connectivity index (χ4v) is 3.67. The minimum atomic E-state index is -0.263. The number of aromatic amines is 1. The van der Waals surface area contributed by atoms with Gasteiger partial charge < -0.3 is 10.5 Å². The molecule has 8 nitrogen and oxygen atoms in total. The molecule has 156 valence electrons. The van der Waals surface area contributed by atoms with Crippen LogP contribution in [0.15, 0.2) is 47.4 Å². The van der Waals surface area contributed by atoms with Crippen molar-refractivity contribution < 1.29 is 4.74 Å². The number of hydrogen-bond donors (Lipinski definition) is 2. The molecule has 0 bridgehead atoms. The van der Waals surface area contributed by atoms with Gasteiger partial charge in [0.2, 0.25) is 5.69 Å². The minimum absolute atomic E-state index is 0.204. The van der Waals surface area contributed by atoms with Gasteiger partial charge in [0.25, 0.3) is 5.56 Å². The Hall–Kier alpha value is -3.96. The molecule has 3 N–H and O–H groups in total. The molecular formula is C23H22N6O2. The molecule has 0 aliphatic heterocycles. The van der Waals surface area contributed by atoms with Crippen molar-refractivity contribution >= 4 is 16.5 Å². The van der Waals surface area contributed by atoms with Gasteiger partial charge in [-0.3, -0.25) is 9.48 Å². The van der Waals surface area contributed by atoms with E-state index in [0.29, 0.717) is 34.5 Å². The zero-order valence-corrected chi connectivity index (χ0v) is 17.3. The van der Waals surface area contributed by atoms with Crippen LogP contribution in [0.4, 0.5) is 5.69 Å². The van der Waals surface area contributed by atoms with Crippen LogP contribution in [0.25, 0.3) is 38.0 Å². The van der Waals surface area contributed by atoms with Gasteiger partial charge in [-0.2, -0.15) is 10.2 Å². The quantitative estimate of drug-likeness (QED) is 0.467. The van der Waals surface area contributed by atoms with Crippen molar-refractivity contribution in [1.82, 2.24) is 20.0 Å². The van der Waals surface area contributed by atoms with Gasteiger partial charge in [0.1, 0.15) is 5.75 Å². The van der Waals surface area contributed by atoms with Crippen LogP contribution in [-0.4, -0.2) is 26.6 Å². The number of fused-ring (bicyclic) bond motifs is 1. The predicted molar refractivity (Wildman–Crippen MR) is 120 cm³/mol. The number of hydrogen-bond acceptors (Lipinski definition) is 5. The molecule has 8 heteroatoms. The smallest absolute Gasteiger partial charge is 0.272 e. The monoisotopic (exact) mass is 414 g/mol. The molecule has 2 aromatic heterocycles. The maximum Gasteiger partial charge on any atom is 0.272 e. The lowest BCUT2D eigenvalue weighted by atomic mass is 9.97. The van der Waals surface area contributed by atoms with Crippen LogP contribution in [0.1, 0.15) is 19.0 Å². The SMILES string of the molecule is [C-]#[N+]c1c(OCCC)cccc1-c1c(-c2ccc3c(=O)[nH]nc(CN)c3c2)cnn1C. The summed E-state index contributed by atoms with van der Waals surface area (Å²) in [5.41, 5.74) is 9.84. The maximum absolute atomic E-state index is 12.2. The van der Waals surface area contributed by atoms with Crippen molar-refractivity contribution in [3.63, 3.8) is 0 Å². The summed E-state index contributed by atoms with van der Waals surface area (Å²) in [4.78, 5) is 15.9. The third kappa shape index (κ3) is 3.56. The van der Waals surface area contributed by atoms with Crippen LogP contribution in [0, 0.1) is 6.57 Å². The molecule has 2 aromatic carbocycles. The highest BCUT2D eigenvalue weighted by molar-refractivity contribution is 5.94. The molecule has 0 fully saturated rings. The number of aromatic nitrogens is 4. The molecule has 0 saturated carbocycles. The molecule has 4 rings (SSSR count). The van der Waals surface area contributed by atoms with E-state index >= 15 is 0 Å². The first-order valence-corrected chi connectivity index (χ1v) is 9.96. The first-order chi connectivity index (χ1) is 15.1. The summed E-state index contributed by atoms with van der Waals surface area (Å²) in [6.07, 6.45) is 2.61. The van der Waals surface area contributed by atoms with Gasteiger partial charge in [-0.25, -0.2) is 9.94 Å². The van der Waals surface area contributed by atoms with E-state index in [4.69, 9.17) is 17.0 Å². The van der Waals surface area contributed by atoms with Crippen LogP contribution in [0.5, 0.6) is 5.75 Å². The van der Waals surface area contributed by atoms with E-state index in [1.165, 1.54) is 0 Å². The first-order valence-electron chi connectivity index (χ1n) is 9.96. The van der Waals surface area contributed by atoms with E-state index in [-0.39, 0.29) is 12.1 Å². The fraction of sp³-hybridized carbons (Fsp3) is 0.217. The summed E-state index contributed by atoms with van der Waals surface area (Å²) in [6.45, 7) is 10.5. The number of aryl methyl sites for hydroxylation is 1. The molecule has 0 radical (unpaired) electrons. The number of benzene rings is 2. The lowest BCUT2D eigenvalue weighted by Gasteiger charge is -2.13. The van der Waals surface area contributed by atoms with Crippen molar-refractivity contribution in [3.8, 4) is 28.1 Å². The van der Waals surface area contributed by atoms with Crippen molar-refractivity contribution in [1.29, 1.82) is 0 Å². The Kier molecular flexibility index (Phi) is 5.52. The van der Waals surface area contributed by atoms with Gasteiger partial charge in [-0.1, -0.05) is 25.1 Å². The van der Waals surface area contributed by atoms with E-state index in [2.05, 4.69) is 20.1 Å². The molecule has 0 aliphatic carbocycles. The summed E-state index contributed by atoms with van der Waals surface area (Å²) in [6, 6.07) is 11.1. The van der Waals surface area contributed by atoms with Crippen LogP contribution in [0.3, 0.4) is 0 Å². The van der Waals surface area contributed by atoms with Gasteiger partial charge in [0, 0.05) is 30.1 Å². The second-order valence-electron chi connectivity index (χ2n) is 7.11. The number of nitrogens with two attached hydrogens (primary N) is 1. The standard InChI is InChI=1S/C23H22N6O2/c1-4-10-31-20-7-5-6-16(21(20)25-2)22-18(13-26-29(22)3)14-8-9-15-17(11-14)19(12-24)27-28-23(15)30/h5-9,11,13H,4,10,12,24H2,1,3H3,(H,28,30). The number of para-hydroxylation sites is 1. The summed E-state index contributed by atoms with van der Waals surface area (Å²) in [5, 5.41) is 12.2. The van der Waals surface area contributed by atoms with E-state index in [0.717, 1.165) is 28.8 Å².